The molecule has 0 heterocycles. The van der Waals surface area contributed by atoms with Crippen molar-refractivity contribution in [1.29, 1.82) is 5.26 Å². The first-order valence-electron chi connectivity index (χ1n) is 5.45. The lowest BCUT2D eigenvalue weighted by atomic mass is 10.2. The topological polar surface area (TPSA) is 33.0 Å². The highest BCUT2D eigenvalue weighted by atomic mass is 79.9. The van der Waals surface area contributed by atoms with Gasteiger partial charge in [0, 0.05) is 4.47 Å². The lowest BCUT2D eigenvalue weighted by Gasteiger charge is -2.12. The highest BCUT2D eigenvalue weighted by Gasteiger charge is 2.33. The molecule has 0 fully saturated rings. The summed E-state index contributed by atoms with van der Waals surface area (Å²) in [6.45, 7) is 0. The van der Waals surface area contributed by atoms with E-state index in [-0.39, 0.29) is 10.2 Å². The number of alkyl halides is 3. The molecule has 0 aliphatic heterocycles. The zero-order chi connectivity index (χ0) is 14.8. The number of nitrogens with zero attached hydrogens (tertiary/aromatic N) is 1. The molecule has 0 saturated heterocycles. The molecule has 102 valence electrons. The highest BCUT2D eigenvalue weighted by molar-refractivity contribution is 9.10. The van der Waals surface area contributed by atoms with Crippen molar-refractivity contribution in [3.8, 4) is 17.6 Å². The molecular formula is C14H7BrF3NO. The van der Waals surface area contributed by atoms with E-state index < -0.39 is 11.7 Å². The Bertz CT molecular complexity index is 660. The average Bonchev–Trinajstić information content (AvgIpc) is 2.40. The predicted molar refractivity (Wildman–Crippen MR) is 70.4 cm³/mol. The van der Waals surface area contributed by atoms with E-state index >= 15 is 0 Å². The third-order valence-electron chi connectivity index (χ3n) is 2.46. The molecule has 0 aromatic heterocycles. The molecule has 20 heavy (non-hydrogen) atoms. The molecule has 0 atom stereocenters. The number of halogens is 4. The molecule has 2 aromatic rings. The van der Waals surface area contributed by atoms with Gasteiger partial charge in [0.1, 0.15) is 11.5 Å². The van der Waals surface area contributed by atoms with Crippen molar-refractivity contribution in [1.82, 2.24) is 0 Å². The summed E-state index contributed by atoms with van der Waals surface area (Å²) < 4.78 is 43.5. The van der Waals surface area contributed by atoms with E-state index in [1.807, 2.05) is 6.07 Å². The normalized spacial score (nSPS) is 10.9. The van der Waals surface area contributed by atoms with Crippen LogP contribution in [0.25, 0.3) is 0 Å². The van der Waals surface area contributed by atoms with E-state index in [9.17, 15) is 13.2 Å². The Morgan fingerprint density at radius 2 is 1.60 bits per heavy atom. The maximum atomic E-state index is 12.7. The van der Waals surface area contributed by atoms with E-state index in [1.54, 1.807) is 0 Å². The zero-order valence-electron chi connectivity index (χ0n) is 9.91. The Morgan fingerprint density at radius 1 is 1.00 bits per heavy atom. The molecule has 6 heteroatoms. The van der Waals surface area contributed by atoms with Crippen LogP contribution in [0.15, 0.2) is 46.9 Å². The molecule has 0 N–H and O–H groups in total. The van der Waals surface area contributed by atoms with Gasteiger partial charge in [-0.1, -0.05) is 15.9 Å². The van der Waals surface area contributed by atoms with Crippen LogP contribution in [0.3, 0.4) is 0 Å². The number of rotatable bonds is 2. The van der Waals surface area contributed by atoms with Gasteiger partial charge >= 0.3 is 6.18 Å². The van der Waals surface area contributed by atoms with Crippen LogP contribution in [0.4, 0.5) is 13.2 Å². The van der Waals surface area contributed by atoms with E-state index in [4.69, 9.17) is 10.00 Å². The SMILES string of the molecule is N#Cc1ccc(Oc2ccc(Br)c(C(F)(F)F)c2)cc1. The lowest BCUT2D eigenvalue weighted by Crippen LogP contribution is -2.06. The van der Waals surface area contributed by atoms with Gasteiger partial charge in [-0.05, 0) is 42.5 Å². The number of benzene rings is 2. The van der Waals surface area contributed by atoms with Crippen molar-refractivity contribution in [3.05, 3.63) is 58.1 Å². The standard InChI is InChI=1S/C14H7BrF3NO/c15-13-6-5-11(7-12(13)14(16,17)18)20-10-3-1-9(8-19)2-4-10/h1-7H. The molecule has 0 bridgehead atoms. The van der Waals surface area contributed by atoms with Crippen LogP contribution in [0.5, 0.6) is 11.5 Å². The number of ether oxygens (including phenoxy) is 1. The Hall–Kier alpha value is -2.00. The molecule has 0 unspecified atom stereocenters. The maximum Gasteiger partial charge on any atom is 0.417 e. The molecule has 0 amide bonds. The van der Waals surface area contributed by atoms with Gasteiger partial charge in [-0.15, -0.1) is 0 Å². The smallest absolute Gasteiger partial charge is 0.417 e. The summed E-state index contributed by atoms with van der Waals surface area (Å²) in [7, 11) is 0. The second kappa shape index (κ2) is 5.55. The summed E-state index contributed by atoms with van der Waals surface area (Å²) in [4.78, 5) is 0. The predicted octanol–water partition coefficient (Wildman–Crippen LogP) is 5.13. The first kappa shape index (κ1) is 14.4. The van der Waals surface area contributed by atoms with Gasteiger partial charge in [0.2, 0.25) is 0 Å². The van der Waals surface area contributed by atoms with E-state index in [2.05, 4.69) is 15.9 Å². The molecule has 2 nitrogen and oxygen atoms in total. The second-order valence-electron chi connectivity index (χ2n) is 3.88. The fourth-order valence-electron chi connectivity index (χ4n) is 1.52. The van der Waals surface area contributed by atoms with Crippen LogP contribution in [0, 0.1) is 11.3 Å². The van der Waals surface area contributed by atoms with Gasteiger partial charge in [0.25, 0.3) is 0 Å². The monoisotopic (exact) mass is 341 g/mol. The van der Waals surface area contributed by atoms with Crippen LogP contribution in [-0.2, 0) is 6.18 Å². The van der Waals surface area contributed by atoms with Crippen LogP contribution < -0.4 is 4.74 Å². The minimum atomic E-state index is -4.46. The van der Waals surface area contributed by atoms with Crippen molar-refractivity contribution in [2.24, 2.45) is 0 Å². The fraction of sp³-hybridized carbons (Fsp3) is 0.0714. The molecule has 0 spiro atoms. The summed E-state index contributed by atoms with van der Waals surface area (Å²) in [6, 6.07) is 11.7. The largest absolute Gasteiger partial charge is 0.457 e. The molecule has 0 aliphatic carbocycles. The van der Waals surface area contributed by atoms with Crippen LogP contribution in [0.2, 0.25) is 0 Å². The first-order chi connectivity index (χ1) is 9.40. The van der Waals surface area contributed by atoms with Gasteiger partial charge in [-0.2, -0.15) is 18.4 Å². The maximum absolute atomic E-state index is 12.7. The minimum absolute atomic E-state index is 0.0443. The highest BCUT2D eigenvalue weighted by Crippen LogP contribution is 2.37. The van der Waals surface area contributed by atoms with E-state index in [0.29, 0.717) is 11.3 Å². The molecule has 0 saturated carbocycles. The lowest BCUT2D eigenvalue weighted by molar-refractivity contribution is -0.138. The Morgan fingerprint density at radius 3 is 2.15 bits per heavy atom. The third-order valence-corrected chi connectivity index (χ3v) is 3.15. The summed E-state index contributed by atoms with van der Waals surface area (Å²) in [5.41, 5.74) is -0.354. The number of hydrogen-bond acceptors (Lipinski definition) is 2. The van der Waals surface area contributed by atoms with Crippen LogP contribution in [0.1, 0.15) is 11.1 Å². The Kier molecular flexibility index (Phi) is 4.00. The number of nitriles is 1. The van der Waals surface area contributed by atoms with Crippen molar-refractivity contribution < 1.29 is 17.9 Å². The summed E-state index contributed by atoms with van der Waals surface area (Å²) in [5.74, 6) is 0.435. The quantitative estimate of drug-likeness (QED) is 0.758. The van der Waals surface area contributed by atoms with E-state index in [0.717, 1.165) is 6.07 Å². The van der Waals surface area contributed by atoms with Crippen molar-refractivity contribution in [2.45, 2.75) is 6.18 Å². The fourth-order valence-corrected chi connectivity index (χ4v) is 1.99. The zero-order valence-corrected chi connectivity index (χ0v) is 11.5. The van der Waals surface area contributed by atoms with Crippen molar-refractivity contribution >= 4 is 15.9 Å². The van der Waals surface area contributed by atoms with Crippen LogP contribution >= 0.6 is 15.9 Å². The van der Waals surface area contributed by atoms with E-state index in [1.165, 1.54) is 36.4 Å². The summed E-state index contributed by atoms with van der Waals surface area (Å²) in [6.07, 6.45) is -4.46. The third kappa shape index (κ3) is 3.31. The average molecular weight is 342 g/mol. The first-order valence-corrected chi connectivity index (χ1v) is 6.24. The molecular weight excluding hydrogens is 335 g/mol. The Balaban J connectivity index is 2.28. The van der Waals surface area contributed by atoms with Gasteiger partial charge < -0.3 is 4.74 Å². The minimum Gasteiger partial charge on any atom is -0.457 e. The van der Waals surface area contributed by atoms with Crippen molar-refractivity contribution in [2.75, 3.05) is 0 Å². The van der Waals surface area contributed by atoms with Crippen molar-refractivity contribution in [3.63, 3.8) is 0 Å². The number of hydrogen-bond donors (Lipinski definition) is 0. The van der Waals surface area contributed by atoms with Gasteiger partial charge in [-0.3, -0.25) is 0 Å². The molecule has 2 rings (SSSR count). The molecule has 0 aliphatic rings. The van der Waals surface area contributed by atoms with Gasteiger partial charge in [-0.25, -0.2) is 0 Å². The van der Waals surface area contributed by atoms with Crippen LogP contribution in [-0.4, -0.2) is 0 Å². The summed E-state index contributed by atoms with van der Waals surface area (Å²) in [5, 5.41) is 8.65. The van der Waals surface area contributed by atoms with Gasteiger partial charge in [0.15, 0.2) is 0 Å². The Labute approximate surface area is 121 Å². The molecule has 2 aromatic carbocycles. The van der Waals surface area contributed by atoms with Gasteiger partial charge in [0.05, 0.1) is 17.2 Å². The summed E-state index contributed by atoms with van der Waals surface area (Å²) >= 11 is 2.86. The molecule has 0 radical (unpaired) electrons. The second-order valence-corrected chi connectivity index (χ2v) is 4.73.